The molecule has 0 saturated heterocycles. The van der Waals surface area contributed by atoms with Gasteiger partial charge in [-0.05, 0) is 43.7 Å². The second-order valence-corrected chi connectivity index (χ2v) is 8.60. The highest BCUT2D eigenvalue weighted by molar-refractivity contribution is 6.10. The monoisotopic (exact) mass is 522 g/mol. The van der Waals surface area contributed by atoms with E-state index in [4.69, 9.17) is 9.72 Å². The maximum Gasteiger partial charge on any atom is 0.209 e. The largest absolute Gasteiger partial charge is 0.496 e. The fourth-order valence-electron chi connectivity index (χ4n) is 4.75. The van der Waals surface area contributed by atoms with Crippen LogP contribution in [0.4, 0.5) is 18.9 Å². The lowest BCUT2D eigenvalue weighted by atomic mass is 9.99. The summed E-state index contributed by atoms with van der Waals surface area (Å²) in [6.45, 7) is 7.76. The summed E-state index contributed by atoms with van der Waals surface area (Å²) in [5.41, 5.74) is 5.35. The third kappa shape index (κ3) is 4.08. The normalized spacial score (nSPS) is 11.0. The number of hydrogen-bond donors (Lipinski definition) is 1. The highest BCUT2D eigenvalue weighted by atomic mass is 19.2. The number of hydrogen-bond acceptors (Lipinski definition) is 4. The van der Waals surface area contributed by atoms with Crippen LogP contribution in [0.25, 0.3) is 27.7 Å². The van der Waals surface area contributed by atoms with Crippen LogP contribution in [0.1, 0.15) is 41.3 Å². The van der Waals surface area contributed by atoms with Crippen LogP contribution in [-0.2, 0) is 7.05 Å². The van der Waals surface area contributed by atoms with Crippen LogP contribution in [0, 0.1) is 31.3 Å². The van der Waals surface area contributed by atoms with Gasteiger partial charge in [0.25, 0.3) is 0 Å². The van der Waals surface area contributed by atoms with Gasteiger partial charge in [0.2, 0.25) is 5.78 Å². The fourth-order valence-corrected chi connectivity index (χ4v) is 4.75. The first-order valence-corrected chi connectivity index (χ1v) is 12.2. The molecule has 0 bridgehead atoms. The summed E-state index contributed by atoms with van der Waals surface area (Å²) in [6, 6.07) is 8.67. The van der Waals surface area contributed by atoms with Gasteiger partial charge in [-0.25, -0.2) is 18.2 Å². The molecule has 0 aliphatic rings. The summed E-state index contributed by atoms with van der Waals surface area (Å²) in [5.74, 6) is -3.64. The minimum atomic E-state index is -1.61. The molecule has 0 saturated carbocycles. The zero-order valence-corrected chi connectivity index (χ0v) is 22.3. The van der Waals surface area contributed by atoms with Crippen molar-refractivity contribution >= 4 is 28.0 Å². The van der Waals surface area contributed by atoms with Crippen LogP contribution in [0.5, 0.6) is 5.75 Å². The van der Waals surface area contributed by atoms with Gasteiger partial charge in [-0.15, -0.1) is 0 Å². The molecule has 0 radical (unpaired) electrons. The van der Waals surface area contributed by atoms with Gasteiger partial charge in [0.15, 0.2) is 17.5 Å². The molecule has 5 rings (SSSR count). The number of nitrogens with one attached hydrogen (secondary N) is 1. The molecule has 0 fully saturated rings. The predicted molar refractivity (Wildman–Crippen MR) is 144 cm³/mol. The standard InChI is InChI=1S/C27H23F3N4O2.C2H6/c1-13-9-20(27(35)15-10-17(28)23(30)18(29)11-15)34-8-6-7-16(26(13)34)22-21(36-5)12-19-24(25(22)31-3)32-14(2)33(19)4;1-2/h6-12,31H,1-5H3;1-2H3. The van der Waals surface area contributed by atoms with Crippen molar-refractivity contribution in [2.24, 2.45) is 7.05 Å². The Kier molecular flexibility index (Phi) is 7.22. The summed E-state index contributed by atoms with van der Waals surface area (Å²) in [5, 5.41) is 3.26. The molecule has 9 heteroatoms. The molecular formula is C29H29F3N4O2. The lowest BCUT2D eigenvalue weighted by Gasteiger charge is -2.17. The number of anilines is 1. The van der Waals surface area contributed by atoms with Gasteiger partial charge < -0.3 is 19.0 Å². The van der Waals surface area contributed by atoms with Gasteiger partial charge in [-0.3, -0.25) is 4.79 Å². The highest BCUT2D eigenvalue weighted by Gasteiger charge is 2.25. The third-order valence-electron chi connectivity index (χ3n) is 6.56. The molecule has 0 aliphatic heterocycles. The SMILES string of the molecule is CC.CNc1c(-c2cccn3c(C(=O)c4cc(F)c(F)c(F)c4)cc(C)c23)c(OC)cc2c1nc(C)n2C. The first kappa shape index (κ1) is 26.8. The Morgan fingerprint density at radius 1 is 1.05 bits per heavy atom. The molecule has 3 heterocycles. The second kappa shape index (κ2) is 10.2. The van der Waals surface area contributed by atoms with E-state index in [1.54, 1.807) is 36.9 Å². The number of aromatic nitrogens is 3. The maximum absolute atomic E-state index is 13.8. The average molecular weight is 523 g/mol. The number of halogens is 3. The number of ether oxygens (including phenoxy) is 1. The number of nitrogens with zero attached hydrogens (tertiary/aromatic N) is 3. The molecule has 1 N–H and O–H groups in total. The van der Waals surface area contributed by atoms with Crippen LogP contribution < -0.4 is 10.1 Å². The Balaban J connectivity index is 0.00000164. The van der Waals surface area contributed by atoms with Crippen LogP contribution >= 0.6 is 0 Å². The van der Waals surface area contributed by atoms with Gasteiger partial charge in [-0.1, -0.05) is 19.9 Å². The zero-order chi connectivity index (χ0) is 27.9. The number of carbonyl (C=O) groups is 1. The number of benzene rings is 2. The van der Waals surface area contributed by atoms with E-state index in [-0.39, 0.29) is 11.3 Å². The average Bonchev–Trinajstić information content (AvgIpc) is 3.41. The highest BCUT2D eigenvalue weighted by Crippen LogP contribution is 2.44. The van der Waals surface area contributed by atoms with Crippen molar-refractivity contribution < 1.29 is 22.7 Å². The molecule has 6 nitrogen and oxygen atoms in total. The van der Waals surface area contributed by atoms with E-state index in [2.05, 4.69) is 5.32 Å². The van der Waals surface area contributed by atoms with E-state index >= 15 is 0 Å². The Morgan fingerprint density at radius 3 is 2.32 bits per heavy atom. The molecule has 0 spiro atoms. The van der Waals surface area contributed by atoms with Crippen molar-refractivity contribution in [3.05, 3.63) is 82.7 Å². The number of ketones is 1. The first-order valence-electron chi connectivity index (χ1n) is 12.2. The number of fused-ring (bicyclic) bond motifs is 2. The molecule has 2 aromatic carbocycles. The molecule has 0 aliphatic carbocycles. The summed E-state index contributed by atoms with van der Waals surface area (Å²) >= 11 is 0. The Morgan fingerprint density at radius 2 is 1.71 bits per heavy atom. The molecule has 0 atom stereocenters. The molecule has 5 aromatic rings. The molecule has 3 aromatic heterocycles. The van der Waals surface area contributed by atoms with Crippen molar-refractivity contribution in [2.45, 2.75) is 27.7 Å². The van der Waals surface area contributed by atoms with Crippen molar-refractivity contribution in [1.29, 1.82) is 0 Å². The topological polar surface area (TPSA) is 60.6 Å². The van der Waals surface area contributed by atoms with E-state index in [9.17, 15) is 18.0 Å². The number of methoxy groups -OCH3 is 1. The molecule has 38 heavy (non-hydrogen) atoms. The number of aryl methyl sites for hydroxylation is 3. The minimum Gasteiger partial charge on any atom is -0.496 e. The van der Waals surface area contributed by atoms with Gasteiger partial charge in [0.1, 0.15) is 17.1 Å². The van der Waals surface area contributed by atoms with Crippen LogP contribution in [0.2, 0.25) is 0 Å². The van der Waals surface area contributed by atoms with Gasteiger partial charge in [-0.2, -0.15) is 0 Å². The minimum absolute atomic E-state index is 0.189. The lowest BCUT2D eigenvalue weighted by molar-refractivity contribution is 0.103. The van der Waals surface area contributed by atoms with E-state index in [0.717, 1.165) is 39.2 Å². The second-order valence-electron chi connectivity index (χ2n) is 8.60. The van der Waals surface area contributed by atoms with E-state index < -0.39 is 23.2 Å². The zero-order valence-electron chi connectivity index (χ0n) is 22.3. The number of carbonyl (C=O) groups excluding carboxylic acids is 1. The number of pyridine rings is 1. The third-order valence-corrected chi connectivity index (χ3v) is 6.56. The summed E-state index contributed by atoms with van der Waals surface area (Å²) in [6.07, 6.45) is 1.70. The smallest absolute Gasteiger partial charge is 0.209 e. The van der Waals surface area contributed by atoms with Crippen molar-refractivity contribution in [1.82, 2.24) is 14.0 Å². The molecule has 0 unspecified atom stereocenters. The summed E-state index contributed by atoms with van der Waals surface area (Å²) in [7, 11) is 5.32. The first-order chi connectivity index (χ1) is 18.2. The molecule has 198 valence electrons. The van der Waals surface area contributed by atoms with Gasteiger partial charge >= 0.3 is 0 Å². The Labute approximate surface area is 218 Å². The fraction of sp³-hybridized carbons (Fsp3) is 0.241. The molecule has 0 amide bonds. The van der Waals surface area contributed by atoms with Crippen molar-refractivity contribution in [3.8, 4) is 16.9 Å². The lowest BCUT2D eigenvalue weighted by Crippen LogP contribution is -2.08. The van der Waals surface area contributed by atoms with Crippen molar-refractivity contribution in [3.63, 3.8) is 0 Å². The summed E-state index contributed by atoms with van der Waals surface area (Å²) in [4.78, 5) is 18.0. The van der Waals surface area contributed by atoms with E-state index in [1.165, 1.54) is 0 Å². The van der Waals surface area contributed by atoms with E-state index in [0.29, 0.717) is 23.4 Å². The van der Waals surface area contributed by atoms with E-state index in [1.807, 2.05) is 51.4 Å². The maximum atomic E-state index is 13.8. The van der Waals surface area contributed by atoms with Crippen LogP contribution in [0.3, 0.4) is 0 Å². The van der Waals surface area contributed by atoms with Gasteiger partial charge in [0, 0.05) is 37.5 Å². The quantitative estimate of drug-likeness (QED) is 0.203. The number of rotatable bonds is 5. The van der Waals surface area contributed by atoms with Crippen molar-refractivity contribution in [2.75, 3.05) is 19.5 Å². The Bertz CT molecular complexity index is 1680. The Hall–Kier alpha value is -4.27. The van der Waals surface area contributed by atoms with Gasteiger partial charge in [0.05, 0.1) is 35.1 Å². The summed E-state index contributed by atoms with van der Waals surface area (Å²) < 4.78 is 50.6. The van der Waals surface area contributed by atoms with Crippen LogP contribution in [-0.4, -0.2) is 33.9 Å². The van der Waals surface area contributed by atoms with Crippen LogP contribution in [0.15, 0.2) is 42.6 Å². The molecular weight excluding hydrogens is 493 g/mol. The number of imidazole rings is 1. The predicted octanol–water partition coefficient (Wildman–Crippen LogP) is 6.83.